The van der Waals surface area contributed by atoms with E-state index in [4.69, 9.17) is 4.74 Å². The van der Waals surface area contributed by atoms with Crippen LogP contribution < -0.4 is 4.74 Å². The minimum Gasteiger partial charge on any atom is -0.494 e. The number of aliphatic hydroxyl groups is 1. The topological polar surface area (TPSA) is 53.0 Å². The molecule has 2 fully saturated rings. The predicted molar refractivity (Wildman–Crippen MR) is 119 cm³/mol. The van der Waals surface area contributed by atoms with E-state index in [-0.39, 0.29) is 12.0 Å². The maximum atomic E-state index is 12.5. The van der Waals surface area contributed by atoms with Crippen LogP contribution in [0.3, 0.4) is 0 Å². The summed E-state index contributed by atoms with van der Waals surface area (Å²) in [7, 11) is 0. The summed E-state index contributed by atoms with van der Waals surface area (Å²) in [6, 6.07) is 16.0. The fraction of sp³-hybridized carbons (Fsp3) is 0.480. The molecule has 0 aromatic heterocycles. The van der Waals surface area contributed by atoms with Gasteiger partial charge in [-0.1, -0.05) is 24.3 Å². The van der Waals surface area contributed by atoms with Crippen molar-refractivity contribution in [2.75, 3.05) is 39.3 Å². The smallest absolute Gasteiger partial charge is 0.253 e. The van der Waals surface area contributed by atoms with Crippen LogP contribution in [0.5, 0.6) is 5.75 Å². The van der Waals surface area contributed by atoms with Crippen LogP contribution in [0.15, 0.2) is 48.5 Å². The number of likely N-dealkylation sites (tertiary alicyclic amines) is 2. The van der Waals surface area contributed by atoms with Crippen LogP contribution in [0.4, 0.5) is 0 Å². The van der Waals surface area contributed by atoms with Crippen molar-refractivity contribution in [3.8, 4) is 16.9 Å². The van der Waals surface area contributed by atoms with Gasteiger partial charge in [0, 0.05) is 31.7 Å². The van der Waals surface area contributed by atoms with Crippen molar-refractivity contribution >= 4 is 5.91 Å². The van der Waals surface area contributed by atoms with E-state index in [2.05, 4.69) is 17.0 Å². The number of benzene rings is 2. The molecule has 2 aromatic carbocycles. The normalized spacial score (nSPS) is 19.8. The van der Waals surface area contributed by atoms with Crippen molar-refractivity contribution in [1.82, 2.24) is 9.80 Å². The van der Waals surface area contributed by atoms with Gasteiger partial charge in [0.05, 0.1) is 12.7 Å². The van der Waals surface area contributed by atoms with E-state index in [1.807, 2.05) is 41.3 Å². The SMILES string of the molecule is O=C(c1ccc(-c2ccc(OCCCN3CCCC(O)C3)cc2)cc1)N1CCCC1. The highest BCUT2D eigenvalue weighted by Gasteiger charge is 2.19. The summed E-state index contributed by atoms with van der Waals surface area (Å²) in [5.74, 6) is 1.01. The maximum absolute atomic E-state index is 12.5. The van der Waals surface area contributed by atoms with Crippen molar-refractivity contribution in [1.29, 1.82) is 0 Å². The predicted octanol–water partition coefficient (Wildman–Crippen LogP) is 3.82. The van der Waals surface area contributed by atoms with E-state index in [0.29, 0.717) is 6.61 Å². The molecule has 30 heavy (non-hydrogen) atoms. The van der Waals surface area contributed by atoms with Crippen LogP contribution >= 0.6 is 0 Å². The fourth-order valence-corrected chi connectivity index (χ4v) is 4.36. The first-order valence-electron chi connectivity index (χ1n) is 11.2. The number of aliphatic hydroxyl groups excluding tert-OH is 1. The van der Waals surface area contributed by atoms with Gasteiger partial charge in [-0.15, -0.1) is 0 Å². The Hall–Kier alpha value is -2.37. The van der Waals surface area contributed by atoms with Gasteiger partial charge in [-0.2, -0.15) is 0 Å². The largest absolute Gasteiger partial charge is 0.494 e. The summed E-state index contributed by atoms with van der Waals surface area (Å²) >= 11 is 0. The van der Waals surface area contributed by atoms with Crippen LogP contribution in [0, 0.1) is 0 Å². The van der Waals surface area contributed by atoms with E-state index in [1.165, 1.54) is 0 Å². The summed E-state index contributed by atoms with van der Waals surface area (Å²) in [6.07, 6.45) is 5.02. The molecule has 5 nitrogen and oxygen atoms in total. The average molecular weight is 409 g/mol. The first-order valence-corrected chi connectivity index (χ1v) is 11.2. The van der Waals surface area contributed by atoms with Crippen LogP contribution in [-0.2, 0) is 0 Å². The Balaban J connectivity index is 1.25. The first kappa shape index (κ1) is 20.9. The zero-order valence-corrected chi connectivity index (χ0v) is 17.6. The summed E-state index contributed by atoms with van der Waals surface area (Å²) in [6.45, 7) is 5.27. The molecule has 1 unspecified atom stereocenters. The zero-order chi connectivity index (χ0) is 20.8. The molecule has 5 heteroatoms. The molecule has 1 amide bonds. The lowest BCUT2D eigenvalue weighted by molar-refractivity contribution is 0.0679. The van der Waals surface area contributed by atoms with Crippen LogP contribution in [0.1, 0.15) is 42.5 Å². The lowest BCUT2D eigenvalue weighted by Crippen LogP contribution is -2.39. The van der Waals surface area contributed by atoms with Gasteiger partial charge in [0.2, 0.25) is 0 Å². The average Bonchev–Trinajstić information content (AvgIpc) is 3.32. The standard InChI is InChI=1S/C25H32N2O3/c28-23-5-3-14-26(19-23)15-4-18-30-24-12-10-21(11-13-24)20-6-8-22(9-7-20)25(29)27-16-1-2-17-27/h6-13,23,28H,1-5,14-19H2. The van der Waals surface area contributed by atoms with Gasteiger partial charge in [0.15, 0.2) is 0 Å². The number of β-amino-alcohol motifs (C(OH)–C–C–N with tert-alkyl or cyclic N) is 1. The quantitative estimate of drug-likeness (QED) is 0.708. The molecule has 2 saturated heterocycles. The molecule has 0 radical (unpaired) electrons. The third-order valence-corrected chi connectivity index (χ3v) is 6.08. The summed E-state index contributed by atoms with van der Waals surface area (Å²) in [5.41, 5.74) is 2.98. The second kappa shape index (κ2) is 10.1. The molecular weight excluding hydrogens is 376 g/mol. The fourth-order valence-electron chi connectivity index (χ4n) is 4.36. The third-order valence-electron chi connectivity index (χ3n) is 6.08. The molecule has 1 atom stereocenters. The number of carbonyl (C=O) groups excluding carboxylic acids is 1. The molecule has 1 N–H and O–H groups in total. The highest BCUT2D eigenvalue weighted by molar-refractivity contribution is 5.94. The Morgan fingerprint density at radius 1 is 0.933 bits per heavy atom. The Labute approximate surface area is 179 Å². The second-order valence-electron chi connectivity index (χ2n) is 8.40. The Bertz CT molecular complexity index is 813. The minimum atomic E-state index is -0.167. The van der Waals surface area contributed by atoms with E-state index < -0.39 is 0 Å². The third kappa shape index (κ3) is 5.41. The van der Waals surface area contributed by atoms with Gasteiger partial charge in [0.25, 0.3) is 5.91 Å². The van der Waals surface area contributed by atoms with E-state index in [0.717, 1.165) is 87.3 Å². The Morgan fingerprint density at radius 2 is 1.60 bits per heavy atom. The Morgan fingerprint density at radius 3 is 2.27 bits per heavy atom. The van der Waals surface area contributed by atoms with Crippen molar-refractivity contribution in [3.63, 3.8) is 0 Å². The maximum Gasteiger partial charge on any atom is 0.253 e. The molecule has 160 valence electrons. The second-order valence-corrected chi connectivity index (χ2v) is 8.40. The molecule has 0 saturated carbocycles. The van der Waals surface area contributed by atoms with Gasteiger partial charge >= 0.3 is 0 Å². The summed E-state index contributed by atoms with van der Waals surface area (Å²) in [4.78, 5) is 16.7. The number of hydrogen-bond acceptors (Lipinski definition) is 4. The molecule has 2 heterocycles. The molecule has 4 rings (SSSR count). The number of amides is 1. The lowest BCUT2D eigenvalue weighted by atomic mass is 10.0. The number of ether oxygens (including phenoxy) is 1. The minimum absolute atomic E-state index is 0.141. The first-order chi connectivity index (χ1) is 14.7. The molecule has 0 bridgehead atoms. The molecular formula is C25H32N2O3. The molecule has 0 spiro atoms. The van der Waals surface area contributed by atoms with Crippen molar-refractivity contribution < 1.29 is 14.6 Å². The molecule has 0 aliphatic carbocycles. The van der Waals surface area contributed by atoms with Gasteiger partial charge in [-0.3, -0.25) is 4.79 Å². The monoisotopic (exact) mass is 408 g/mol. The van der Waals surface area contributed by atoms with Crippen LogP contribution in [0.25, 0.3) is 11.1 Å². The highest BCUT2D eigenvalue weighted by atomic mass is 16.5. The van der Waals surface area contributed by atoms with Gasteiger partial charge < -0.3 is 19.6 Å². The van der Waals surface area contributed by atoms with E-state index >= 15 is 0 Å². The van der Waals surface area contributed by atoms with Crippen LogP contribution in [0.2, 0.25) is 0 Å². The van der Waals surface area contributed by atoms with Crippen molar-refractivity contribution in [3.05, 3.63) is 54.1 Å². The van der Waals surface area contributed by atoms with Gasteiger partial charge in [-0.05, 0) is 74.0 Å². The molecule has 2 aromatic rings. The van der Waals surface area contributed by atoms with E-state index in [1.54, 1.807) is 0 Å². The number of piperidine rings is 1. The van der Waals surface area contributed by atoms with Crippen molar-refractivity contribution in [2.24, 2.45) is 0 Å². The number of hydrogen-bond donors (Lipinski definition) is 1. The highest BCUT2D eigenvalue weighted by Crippen LogP contribution is 2.24. The molecule has 2 aliphatic heterocycles. The number of rotatable bonds is 7. The van der Waals surface area contributed by atoms with Gasteiger partial charge in [-0.25, -0.2) is 0 Å². The number of carbonyl (C=O) groups is 1. The zero-order valence-electron chi connectivity index (χ0n) is 17.6. The Kier molecular flexibility index (Phi) is 7.03. The lowest BCUT2D eigenvalue weighted by Gasteiger charge is -2.29. The summed E-state index contributed by atoms with van der Waals surface area (Å²) < 4.78 is 5.88. The number of nitrogens with zero attached hydrogens (tertiary/aromatic N) is 2. The van der Waals surface area contributed by atoms with Crippen molar-refractivity contribution in [2.45, 2.75) is 38.2 Å². The van der Waals surface area contributed by atoms with E-state index in [9.17, 15) is 9.90 Å². The van der Waals surface area contributed by atoms with Gasteiger partial charge in [0.1, 0.15) is 5.75 Å². The molecule has 2 aliphatic rings. The summed E-state index contributed by atoms with van der Waals surface area (Å²) in [5, 5.41) is 9.73. The van der Waals surface area contributed by atoms with Crippen LogP contribution in [-0.4, -0.2) is 66.2 Å².